The quantitative estimate of drug-likeness (QED) is 0.759. The van der Waals surface area contributed by atoms with Crippen molar-refractivity contribution >= 4 is 43.4 Å². The molecule has 1 atom stereocenters. The van der Waals surface area contributed by atoms with Gasteiger partial charge in [0.25, 0.3) is 0 Å². The zero-order valence-electron chi connectivity index (χ0n) is 12.1. The first-order valence-electron chi connectivity index (χ1n) is 7.23. The van der Waals surface area contributed by atoms with Crippen LogP contribution in [0.15, 0.2) is 18.2 Å². The number of nitrogens with two attached hydrogens (primary N) is 1. The molecule has 2 aromatic heterocycles. The molecule has 0 aliphatic carbocycles. The zero-order chi connectivity index (χ0) is 15.3. The average Bonchev–Trinajstić information content (AvgIpc) is 3.11. The Hall–Kier alpha value is -1.99. The number of hydrogen-bond acceptors (Lipinski definition) is 6. The van der Waals surface area contributed by atoms with Crippen LogP contribution in [0.4, 0.5) is 16.2 Å². The SMILES string of the molecule is CN[C@@H]1CCN(c2nc(N)nc3c2sc2ccc(F)cc23)C1. The first-order chi connectivity index (χ1) is 10.7. The molecule has 3 N–H and O–H groups in total. The molecule has 0 unspecified atom stereocenters. The van der Waals surface area contributed by atoms with Crippen LogP contribution >= 0.6 is 11.3 Å². The van der Waals surface area contributed by atoms with Crippen molar-refractivity contribution in [2.75, 3.05) is 30.8 Å². The Balaban J connectivity index is 1.93. The van der Waals surface area contributed by atoms with E-state index in [0.29, 0.717) is 6.04 Å². The summed E-state index contributed by atoms with van der Waals surface area (Å²) in [6.07, 6.45) is 1.07. The van der Waals surface area contributed by atoms with Gasteiger partial charge in [-0.3, -0.25) is 0 Å². The lowest BCUT2D eigenvalue weighted by Crippen LogP contribution is -2.30. The minimum absolute atomic E-state index is 0.236. The number of nitrogens with zero attached hydrogens (tertiary/aromatic N) is 3. The van der Waals surface area contributed by atoms with Crippen LogP contribution < -0.4 is 16.0 Å². The Kier molecular flexibility index (Phi) is 3.12. The smallest absolute Gasteiger partial charge is 0.222 e. The van der Waals surface area contributed by atoms with Crippen molar-refractivity contribution in [1.29, 1.82) is 0 Å². The van der Waals surface area contributed by atoms with E-state index in [9.17, 15) is 4.39 Å². The third-order valence-electron chi connectivity index (χ3n) is 4.17. The molecule has 7 heteroatoms. The van der Waals surface area contributed by atoms with Gasteiger partial charge in [0.2, 0.25) is 5.95 Å². The maximum absolute atomic E-state index is 13.6. The van der Waals surface area contributed by atoms with E-state index in [1.807, 2.05) is 7.05 Å². The second kappa shape index (κ2) is 5.03. The fourth-order valence-electron chi connectivity index (χ4n) is 3.02. The van der Waals surface area contributed by atoms with Crippen molar-refractivity contribution in [3.8, 4) is 0 Å². The molecule has 22 heavy (non-hydrogen) atoms. The summed E-state index contributed by atoms with van der Waals surface area (Å²) in [6, 6.07) is 5.24. The van der Waals surface area contributed by atoms with Gasteiger partial charge in [0.05, 0.1) is 10.2 Å². The first-order valence-corrected chi connectivity index (χ1v) is 8.05. The predicted octanol–water partition coefficient (Wildman–Crippen LogP) is 2.36. The van der Waals surface area contributed by atoms with Gasteiger partial charge in [0, 0.05) is 29.2 Å². The standard InChI is InChI=1S/C15H16FN5S/c1-18-9-4-5-21(7-9)14-13-12(19-15(17)20-14)10-6-8(16)2-3-11(10)22-13/h2-3,6,9,18H,4-5,7H2,1H3,(H2,17,19,20)/t9-/m1/s1. The van der Waals surface area contributed by atoms with E-state index in [-0.39, 0.29) is 11.8 Å². The molecule has 0 radical (unpaired) electrons. The third kappa shape index (κ3) is 2.08. The molecule has 4 rings (SSSR count). The lowest BCUT2D eigenvalue weighted by atomic mass is 10.2. The molecule has 1 aromatic carbocycles. The van der Waals surface area contributed by atoms with Crippen molar-refractivity contribution in [2.24, 2.45) is 0 Å². The summed E-state index contributed by atoms with van der Waals surface area (Å²) < 4.78 is 15.5. The minimum atomic E-state index is -0.262. The van der Waals surface area contributed by atoms with Crippen LogP contribution in [0.5, 0.6) is 0 Å². The predicted molar refractivity (Wildman–Crippen MR) is 89.0 cm³/mol. The van der Waals surface area contributed by atoms with Crippen molar-refractivity contribution in [2.45, 2.75) is 12.5 Å². The molecule has 1 fully saturated rings. The number of nitrogen functional groups attached to an aromatic ring is 1. The van der Waals surface area contributed by atoms with Gasteiger partial charge < -0.3 is 16.0 Å². The Morgan fingerprint density at radius 2 is 2.27 bits per heavy atom. The molecule has 0 spiro atoms. The third-order valence-corrected chi connectivity index (χ3v) is 5.33. The van der Waals surface area contributed by atoms with Crippen LogP contribution in [0.1, 0.15) is 6.42 Å². The number of thiophene rings is 1. The molecule has 114 valence electrons. The average molecular weight is 317 g/mol. The van der Waals surface area contributed by atoms with Gasteiger partial charge in [0.1, 0.15) is 5.82 Å². The Bertz CT molecular complexity index is 862. The number of halogens is 1. The van der Waals surface area contributed by atoms with Gasteiger partial charge in [-0.15, -0.1) is 11.3 Å². The topological polar surface area (TPSA) is 67.1 Å². The van der Waals surface area contributed by atoms with Crippen molar-refractivity contribution in [3.63, 3.8) is 0 Å². The summed E-state index contributed by atoms with van der Waals surface area (Å²) >= 11 is 1.59. The van der Waals surface area contributed by atoms with Gasteiger partial charge in [0.15, 0.2) is 5.82 Å². The van der Waals surface area contributed by atoms with Crippen LogP contribution in [0.2, 0.25) is 0 Å². The van der Waals surface area contributed by atoms with Crippen LogP contribution in [-0.2, 0) is 0 Å². The molecule has 0 bridgehead atoms. The lowest BCUT2D eigenvalue weighted by Gasteiger charge is -2.18. The van der Waals surface area contributed by atoms with Crippen LogP contribution in [0.3, 0.4) is 0 Å². The highest BCUT2D eigenvalue weighted by atomic mass is 32.1. The van der Waals surface area contributed by atoms with Gasteiger partial charge in [-0.25, -0.2) is 9.37 Å². The monoisotopic (exact) mass is 317 g/mol. The largest absolute Gasteiger partial charge is 0.368 e. The molecule has 1 saturated heterocycles. The van der Waals surface area contributed by atoms with Crippen molar-refractivity contribution < 1.29 is 4.39 Å². The number of nitrogens with one attached hydrogen (secondary N) is 1. The number of rotatable bonds is 2. The second-order valence-corrected chi connectivity index (χ2v) is 6.60. The molecule has 0 saturated carbocycles. The highest BCUT2D eigenvalue weighted by Crippen LogP contribution is 2.39. The summed E-state index contributed by atoms with van der Waals surface area (Å²) in [5, 5.41) is 4.10. The van der Waals surface area contributed by atoms with Gasteiger partial charge >= 0.3 is 0 Å². The molecular weight excluding hydrogens is 301 g/mol. The number of aromatic nitrogens is 2. The van der Waals surface area contributed by atoms with E-state index in [1.165, 1.54) is 12.1 Å². The van der Waals surface area contributed by atoms with E-state index in [1.54, 1.807) is 17.4 Å². The summed E-state index contributed by atoms with van der Waals surface area (Å²) in [5.74, 6) is 0.837. The molecule has 1 aliphatic heterocycles. The van der Waals surface area contributed by atoms with E-state index < -0.39 is 0 Å². The highest BCUT2D eigenvalue weighted by Gasteiger charge is 2.25. The lowest BCUT2D eigenvalue weighted by molar-refractivity contribution is 0.616. The Morgan fingerprint density at radius 1 is 1.41 bits per heavy atom. The number of hydrogen-bond donors (Lipinski definition) is 2. The molecule has 3 heterocycles. The number of anilines is 2. The first kappa shape index (κ1) is 13.7. The van der Waals surface area contributed by atoms with Gasteiger partial charge in [-0.2, -0.15) is 4.98 Å². The van der Waals surface area contributed by atoms with Crippen molar-refractivity contribution in [1.82, 2.24) is 15.3 Å². The summed E-state index contributed by atoms with van der Waals surface area (Å²) in [4.78, 5) is 11.0. The van der Waals surface area contributed by atoms with Crippen LogP contribution in [0.25, 0.3) is 20.3 Å². The van der Waals surface area contributed by atoms with E-state index in [2.05, 4.69) is 20.2 Å². The van der Waals surface area contributed by atoms with Gasteiger partial charge in [-0.1, -0.05) is 0 Å². The normalized spacial score (nSPS) is 18.6. The number of fused-ring (bicyclic) bond motifs is 3. The minimum Gasteiger partial charge on any atom is -0.368 e. The second-order valence-electron chi connectivity index (χ2n) is 5.55. The zero-order valence-corrected chi connectivity index (χ0v) is 13.0. The Labute approximate surface area is 131 Å². The van der Waals surface area contributed by atoms with E-state index in [0.717, 1.165) is 45.6 Å². The fourth-order valence-corrected chi connectivity index (χ4v) is 4.16. The summed E-state index contributed by atoms with van der Waals surface area (Å²) in [6.45, 7) is 1.82. The maximum Gasteiger partial charge on any atom is 0.222 e. The molecule has 0 amide bonds. The van der Waals surface area contributed by atoms with Gasteiger partial charge in [-0.05, 0) is 31.7 Å². The maximum atomic E-state index is 13.6. The van der Waals surface area contributed by atoms with Crippen LogP contribution in [-0.4, -0.2) is 36.1 Å². The fraction of sp³-hybridized carbons (Fsp3) is 0.333. The summed E-state index contributed by atoms with van der Waals surface area (Å²) in [7, 11) is 1.97. The summed E-state index contributed by atoms with van der Waals surface area (Å²) in [5.41, 5.74) is 6.64. The van der Waals surface area contributed by atoms with Crippen molar-refractivity contribution in [3.05, 3.63) is 24.0 Å². The molecule has 3 aromatic rings. The Morgan fingerprint density at radius 3 is 3.05 bits per heavy atom. The van der Waals surface area contributed by atoms with E-state index in [4.69, 9.17) is 5.73 Å². The highest BCUT2D eigenvalue weighted by molar-refractivity contribution is 7.26. The number of benzene rings is 1. The molecule has 1 aliphatic rings. The molecule has 5 nitrogen and oxygen atoms in total. The van der Waals surface area contributed by atoms with E-state index >= 15 is 0 Å². The van der Waals surface area contributed by atoms with Crippen LogP contribution in [0, 0.1) is 5.82 Å². The molecular formula is C15H16FN5S. The number of likely N-dealkylation sites (N-methyl/N-ethyl adjacent to an activating group) is 1.